The number of methoxy groups -OCH3 is 2. The molecule has 1 N–H and O–H groups in total. The summed E-state index contributed by atoms with van der Waals surface area (Å²) in [6.45, 7) is 0.368. The maximum absolute atomic E-state index is 12.5. The number of fused-ring (bicyclic) bond motifs is 1. The first kappa shape index (κ1) is 18.7. The Morgan fingerprint density at radius 3 is 2.24 bits per heavy atom. The van der Waals surface area contributed by atoms with Crippen molar-refractivity contribution < 1.29 is 19.4 Å². The van der Waals surface area contributed by atoms with E-state index in [1.165, 1.54) is 14.2 Å². The molecule has 1 aliphatic rings. The summed E-state index contributed by atoms with van der Waals surface area (Å²) < 4.78 is 10.5. The second-order valence-electron chi connectivity index (χ2n) is 6.75. The van der Waals surface area contributed by atoms with E-state index in [0.29, 0.717) is 18.3 Å². The van der Waals surface area contributed by atoms with Gasteiger partial charge in [-0.1, -0.05) is 54.6 Å². The van der Waals surface area contributed by atoms with Crippen molar-refractivity contribution in [1.29, 1.82) is 0 Å². The van der Waals surface area contributed by atoms with Crippen LogP contribution in [0.4, 0.5) is 5.95 Å². The highest BCUT2D eigenvalue weighted by Gasteiger charge is 2.42. The molecule has 2 unspecified atom stereocenters. The van der Waals surface area contributed by atoms with Crippen molar-refractivity contribution in [2.45, 2.75) is 18.5 Å². The van der Waals surface area contributed by atoms with E-state index in [1.807, 2.05) is 54.6 Å². The van der Waals surface area contributed by atoms with Crippen LogP contribution in [0, 0.1) is 0 Å². The van der Waals surface area contributed by atoms with Gasteiger partial charge in [-0.3, -0.25) is 0 Å². The summed E-state index contributed by atoms with van der Waals surface area (Å²) in [5.74, 6) is -0.445. The van der Waals surface area contributed by atoms with E-state index in [-0.39, 0.29) is 11.9 Å². The minimum atomic E-state index is -0.946. The van der Waals surface area contributed by atoms with Gasteiger partial charge in [0.05, 0.1) is 20.3 Å². The largest absolute Gasteiger partial charge is 0.481 e. The van der Waals surface area contributed by atoms with Gasteiger partial charge >= 0.3 is 5.97 Å². The van der Waals surface area contributed by atoms with Gasteiger partial charge in [0.25, 0.3) is 0 Å². The molecule has 4 rings (SSSR count). The highest BCUT2D eigenvalue weighted by Crippen LogP contribution is 2.40. The molecule has 148 valence electrons. The topological polar surface area (TPSA) is 84.8 Å². The van der Waals surface area contributed by atoms with Crippen molar-refractivity contribution in [3.8, 4) is 11.8 Å². The summed E-state index contributed by atoms with van der Waals surface area (Å²) in [5.41, 5.74) is 2.95. The molecule has 0 spiro atoms. The van der Waals surface area contributed by atoms with Crippen LogP contribution in [0.5, 0.6) is 11.8 Å². The van der Waals surface area contributed by atoms with E-state index in [2.05, 4.69) is 9.97 Å². The van der Waals surface area contributed by atoms with Gasteiger partial charge in [-0.05, 0) is 16.7 Å². The van der Waals surface area contributed by atoms with Crippen molar-refractivity contribution in [3.63, 3.8) is 0 Å². The molecular weight excluding hydrogens is 370 g/mol. The predicted octanol–water partition coefficient (Wildman–Crippen LogP) is 3.10. The smallest absolute Gasteiger partial charge is 0.327 e. The van der Waals surface area contributed by atoms with E-state index in [4.69, 9.17) is 9.47 Å². The van der Waals surface area contributed by atoms with Crippen molar-refractivity contribution >= 4 is 11.9 Å². The highest BCUT2D eigenvalue weighted by molar-refractivity contribution is 5.81. The van der Waals surface area contributed by atoms with Crippen LogP contribution < -0.4 is 14.4 Å². The van der Waals surface area contributed by atoms with Gasteiger partial charge in [0.2, 0.25) is 17.7 Å². The lowest BCUT2D eigenvalue weighted by atomic mass is 9.79. The fourth-order valence-electron chi connectivity index (χ4n) is 3.84. The summed E-state index contributed by atoms with van der Waals surface area (Å²) in [4.78, 5) is 23.0. The number of nitrogens with zero attached hydrogens (tertiary/aromatic N) is 3. The lowest BCUT2D eigenvalue weighted by molar-refractivity contribution is -0.139. The first-order valence-corrected chi connectivity index (χ1v) is 9.21. The summed E-state index contributed by atoms with van der Waals surface area (Å²) >= 11 is 0. The molecular formula is C22H21N3O4. The van der Waals surface area contributed by atoms with Gasteiger partial charge in [0.1, 0.15) is 6.04 Å². The number of aliphatic carboxylic acids is 1. The van der Waals surface area contributed by atoms with Crippen molar-refractivity contribution in [3.05, 3.63) is 77.4 Å². The Morgan fingerprint density at radius 2 is 1.62 bits per heavy atom. The number of hydrogen-bond donors (Lipinski definition) is 1. The fourth-order valence-corrected chi connectivity index (χ4v) is 3.84. The Kier molecular flexibility index (Phi) is 5.03. The van der Waals surface area contributed by atoms with Crippen molar-refractivity contribution in [1.82, 2.24) is 9.97 Å². The lowest BCUT2D eigenvalue weighted by Crippen LogP contribution is -2.49. The molecule has 1 aliphatic heterocycles. The minimum absolute atomic E-state index is 0.254. The third-order valence-corrected chi connectivity index (χ3v) is 5.14. The molecule has 0 bridgehead atoms. The number of carbonyl (C=O) groups is 1. The summed E-state index contributed by atoms with van der Waals surface area (Å²) in [6.07, 6.45) is 0. The van der Waals surface area contributed by atoms with E-state index in [9.17, 15) is 9.90 Å². The van der Waals surface area contributed by atoms with Crippen molar-refractivity contribution in [2.75, 3.05) is 19.1 Å². The molecule has 7 nitrogen and oxygen atoms in total. The number of rotatable bonds is 5. The number of aromatic nitrogens is 2. The zero-order valence-electron chi connectivity index (χ0n) is 16.1. The maximum atomic E-state index is 12.5. The third kappa shape index (κ3) is 3.47. The molecule has 0 amide bonds. The maximum Gasteiger partial charge on any atom is 0.327 e. The van der Waals surface area contributed by atoms with Crippen LogP contribution in [0.25, 0.3) is 0 Å². The molecule has 2 heterocycles. The van der Waals surface area contributed by atoms with E-state index in [1.54, 1.807) is 11.0 Å². The average molecular weight is 391 g/mol. The Balaban J connectivity index is 1.90. The van der Waals surface area contributed by atoms with Gasteiger partial charge in [-0.15, -0.1) is 0 Å². The molecule has 2 atom stereocenters. The molecule has 0 saturated carbocycles. The Hall–Kier alpha value is -3.61. The quantitative estimate of drug-likeness (QED) is 0.715. The van der Waals surface area contributed by atoms with E-state index >= 15 is 0 Å². The second kappa shape index (κ2) is 7.79. The molecule has 0 radical (unpaired) electrons. The van der Waals surface area contributed by atoms with Gasteiger partial charge in [-0.2, -0.15) is 9.97 Å². The zero-order chi connectivity index (χ0) is 20.4. The fraction of sp³-hybridized carbons (Fsp3) is 0.227. The minimum Gasteiger partial charge on any atom is -0.481 e. The Bertz CT molecular complexity index is 1000. The number of carboxylic acid groups (broad SMARTS) is 1. The number of anilines is 1. The molecule has 7 heteroatoms. The molecule has 2 aromatic carbocycles. The number of ether oxygens (including phenoxy) is 2. The monoisotopic (exact) mass is 391 g/mol. The number of benzene rings is 2. The van der Waals surface area contributed by atoms with Gasteiger partial charge in [0.15, 0.2) is 0 Å². The lowest BCUT2D eigenvalue weighted by Gasteiger charge is -2.40. The Labute approximate surface area is 168 Å². The highest BCUT2D eigenvalue weighted by atomic mass is 16.5. The first-order chi connectivity index (χ1) is 14.1. The summed E-state index contributed by atoms with van der Waals surface area (Å²) in [7, 11) is 3.00. The number of hydrogen-bond acceptors (Lipinski definition) is 6. The van der Waals surface area contributed by atoms with Crippen LogP contribution in [-0.2, 0) is 11.3 Å². The third-order valence-electron chi connectivity index (χ3n) is 5.14. The molecule has 0 fully saturated rings. The van der Waals surface area contributed by atoms with Crippen LogP contribution in [0.2, 0.25) is 0 Å². The standard InChI is InChI=1S/C22H21N3O4/c1-28-17-12-18(29-2)24-22(23-17)25-13-15-10-6-7-11-16(15)19(20(25)21(26)27)14-8-4-3-5-9-14/h3-12,19-20H,13H2,1-2H3,(H,26,27). The molecule has 0 aliphatic carbocycles. The van der Waals surface area contributed by atoms with Crippen molar-refractivity contribution in [2.24, 2.45) is 0 Å². The van der Waals surface area contributed by atoms with Crippen LogP contribution in [0.15, 0.2) is 60.7 Å². The van der Waals surface area contributed by atoms with Gasteiger partial charge < -0.3 is 19.5 Å². The zero-order valence-corrected chi connectivity index (χ0v) is 16.1. The normalized spacial score (nSPS) is 18.1. The van der Waals surface area contributed by atoms with Crippen LogP contribution >= 0.6 is 0 Å². The molecule has 0 saturated heterocycles. The van der Waals surface area contributed by atoms with Gasteiger partial charge in [-0.25, -0.2) is 4.79 Å². The van der Waals surface area contributed by atoms with Gasteiger partial charge in [0, 0.05) is 12.5 Å². The van der Waals surface area contributed by atoms with E-state index in [0.717, 1.165) is 16.7 Å². The van der Waals surface area contributed by atoms with Crippen LogP contribution in [0.1, 0.15) is 22.6 Å². The average Bonchev–Trinajstić information content (AvgIpc) is 2.77. The Morgan fingerprint density at radius 1 is 1.00 bits per heavy atom. The van der Waals surface area contributed by atoms with Crippen LogP contribution in [0.3, 0.4) is 0 Å². The first-order valence-electron chi connectivity index (χ1n) is 9.21. The van der Waals surface area contributed by atoms with E-state index < -0.39 is 12.0 Å². The van der Waals surface area contributed by atoms with Crippen LogP contribution in [-0.4, -0.2) is 41.3 Å². The predicted molar refractivity (Wildman–Crippen MR) is 107 cm³/mol. The second-order valence-corrected chi connectivity index (χ2v) is 6.75. The number of carboxylic acids is 1. The molecule has 1 aromatic heterocycles. The molecule has 29 heavy (non-hydrogen) atoms. The SMILES string of the molecule is COc1cc(OC)nc(N2Cc3ccccc3C(c3ccccc3)C2C(=O)O)n1. The summed E-state index contributed by atoms with van der Waals surface area (Å²) in [5, 5.41) is 10.2. The summed E-state index contributed by atoms with van der Waals surface area (Å²) in [6, 6.07) is 18.2. The molecule has 3 aromatic rings.